The van der Waals surface area contributed by atoms with E-state index in [4.69, 9.17) is 5.73 Å². The number of benzene rings is 1. The van der Waals surface area contributed by atoms with Gasteiger partial charge in [-0.15, -0.1) is 0 Å². The predicted molar refractivity (Wildman–Crippen MR) is 70.5 cm³/mol. The first kappa shape index (κ1) is 11.2. The van der Waals surface area contributed by atoms with Crippen molar-refractivity contribution < 1.29 is 0 Å². The van der Waals surface area contributed by atoms with Crippen molar-refractivity contribution in [3.05, 3.63) is 51.7 Å². The van der Waals surface area contributed by atoms with E-state index in [9.17, 15) is 0 Å². The highest BCUT2D eigenvalue weighted by atomic mass is 32.1. The van der Waals surface area contributed by atoms with Crippen molar-refractivity contribution in [2.45, 2.75) is 20.0 Å². The molecule has 0 bridgehead atoms. The van der Waals surface area contributed by atoms with Crippen LogP contribution in [0.4, 0.5) is 5.69 Å². The quantitative estimate of drug-likeness (QED) is 0.795. The van der Waals surface area contributed by atoms with E-state index in [1.807, 2.05) is 18.2 Å². The number of hydrogen-bond donors (Lipinski definition) is 2. The second-order valence-electron chi connectivity index (χ2n) is 3.88. The average Bonchev–Trinajstić information content (AvgIpc) is 2.67. The van der Waals surface area contributed by atoms with Gasteiger partial charge < -0.3 is 11.1 Å². The zero-order chi connectivity index (χ0) is 11.4. The van der Waals surface area contributed by atoms with Crippen LogP contribution in [0.5, 0.6) is 0 Å². The molecule has 0 amide bonds. The van der Waals surface area contributed by atoms with Crippen molar-refractivity contribution in [3.8, 4) is 0 Å². The lowest BCUT2D eigenvalue weighted by Gasteiger charge is -2.07. The monoisotopic (exact) mass is 232 g/mol. The summed E-state index contributed by atoms with van der Waals surface area (Å²) in [4.78, 5) is 0. The summed E-state index contributed by atoms with van der Waals surface area (Å²) in [5.41, 5.74) is 10.6. The van der Waals surface area contributed by atoms with Crippen LogP contribution in [-0.2, 0) is 13.1 Å². The molecule has 2 nitrogen and oxygen atoms in total. The van der Waals surface area contributed by atoms with E-state index in [1.165, 1.54) is 11.1 Å². The summed E-state index contributed by atoms with van der Waals surface area (Å²) >= 11 is 1.75. The fraction of sp³-hybridized carbons (Fsp3) is 0.231. The minimum Gasteiger partial charge on any atom is -0.398 e. The van der Waals surface area contributed by atoms with Crippen molar-refractivity contribution in [2.75, 3.05) is 5.73 Å². The maximum absolute atomic E-state index is 5.87. The van der Waals surface area contributed by atoms with Gasteiger partial charge in [0.05, 0.1) is 0 Å². The van der Waals surface area contributed by atoms with Crippen LogP contribution in [0.3, 0.4) is 0 Å². The van der Waals surface area contributed by atoms with E-state index in [0.29, 0.717) is 0 Å². The van der Waals surface area contributed by atoms with E-state index in [0.717, 1.165) is 24.3 Å². The molecule has 2 rings (SSSR count). The number of aryl methyl sites for hydroxylation is 1. The van der Waals surface area contributed by atoms with E-state index in [2.05, 4.69) is 29.1 Å². The molecule has 0 aliphatic heterocycles. The number of hydrogen-bond acceptors (Lipinski definition) is 3. The number of thiophene rings is 1. The number of nitrogens with one attached hydrogen (secondary N) is 1. The third-order valence-corrected chi connectivity index (χ3v) is 3.56. The molecule has 0 atom stereocenters. The first-order valence-electron chi connectivity index (χ1n) is 5.33. The van der Waals surface area contributed by atoms with Gasteiger partial charge in [-0.2, -0.15) is 11.3 Å². The molecular weight excluding hydrogens is 216 g/mol. The molecule has 0 aliphatic rings. The number of nitrogens with two attached hydrogens (primary N) is 1. The average molecular weight is 232 g/mol. The minimum absolute atomic E-state index is 0.821. The standard InChI is InChI=1S/C13H16N2S/c1-10-8-16-9-12(10)7-15-6-11-4-2-3-5-13(11)14/h2-5,8-9,15H,6-7,14H2,1H3. The van der Waals surface area contributed by atoms with Crippen LogP contribution in [0.2, 0.25) is 0 Å². The molecule has 0 unspecified atom stereocenters. The van der Waals surface area contributed by atoms with Gasteiger partial charge in [0.2, 0.25) is 0 Å². The Morgan fingerprint density at radius 1 is 1.12 bits per heavy atom. The third kappa shape index (κ3) is 2.62. The van der Waals surface area contributed by atoms with Gasteiger partial charge in [-0.05, 0) is 40.4 Å². The van der Waals surface area contributed by atoms with Crippen LogP contribution in [-0.4, -0.2) is 0 Å². The number of para-hydroxylation sites is 1. The van der Waals surface area contributed by atoms with Crippen LogP contribution in [0, 0.1) is 6.92 Å². The fourth-order valence-corrected chi connectivity index (χ4v) is 2.45. The lowest BCUT2D eigenvalue weighted by atomic mass is 10.1. The lowest BCUT2D eigenvalue weighted by molar-refractivity contribution is 0.694. The molecule has 0 radical (unpaired) electrons. The Kier molecular flexibility index (Phi) is 3.59. The molecule has 0 saturated heterocycles. The van der Waals surface area contributed by atoms with Gasteiger partial charge in [-0.3, -0.25) is 0 Å². The van der Waals surface area contributed by atoms with Crippen molar-refractivity contribution in [1.82, 2.24) is 5.32 Å². The first-order chi connectivity index (χ1) is 7.77. The largest absolute Gasteiger partial charge is 0.398 e. The normalized spacial score (nSPS) is 10.6. The van der Waals surface area contributed by atoms with Crippen molar-refractivity contribution in [3.63, 3.8) is 0 Å². The van der Waals surface area contributed by atoms with Gasteiger partial charge in [0.15, 0.2) is 0 Å². The Bertz CT molecular complexity index is 462. The fourth-order valence-electron chi connectivity index (χ4n) is 1.59. The minimum atomic E-state index is 0.821. The zero-order valence-electron chi connectivity index (χ0n) is 9.36. The summed E-state index contributed by atoms with van der Waals surface area (Å²) in [5, 5.41) is 7.78. The Morgan fingerprint density at radius 3 is 2.56 bits per heavy atom. The summed E-state index contributed by atoms with van der Waals surface area (Å²) in [5.74, 6) is 0. The van der Waals surface area contributed by atoms with Crippen molar-refractivity contribution in [2.24, 2.45) is 0 Å². The van der Waals surface area contributed by atoms with Crippen LogP contribution < -0.4 is 11.1 Å². The molecule has 1 aromatic carbocycles. The van der Waals surface area contributed by atoms with E-state index >= 15 is 0 Å². The third-order valence-electron chi connectivity index (χ3n) is 2.65. The number of nitrogen functional groups attached to an aromatic ring is 1. The van der Waals surface area contributed by atoms with Crippen molar-refractivity contribution in [1.29, 1.82) is 0 Å². The summed E-state index contributed by atoms with van der Waals surface area (Å²) in [6.07, 6.45) is 0. The summed E-state index contributed by atoms with van der Waals surface area (Å²) in [7, 11) is 0. The Morgan fingerprint density at radius 2 is 1.88 bits per heavy atom. The highest BCUT2D eigenvalue weighted by molar-refractivity contribution is 7.08. The van der Waals surface area contributed by atoms with Gasteiger partial charge in [-0.25, -0.2) is 0 Å². The SMILES string of the molecule is Cc1cscc1CNCc1ccccc1N. The predicted octanol–water partition coefficient (Wildman–Crippen LogP) is 2.93. The molecule has 0 aliphatic carbocycles. The van der Waals surface area contributed by atoms with Gasteiger partial charge in [-0.1, -0.05) is 18.2 Å². The van der Waals surface area contributed by atoms with E-state index in [-0.39, 0.29) is 0 Å². The number of anilines is 1. The molecule has 3 N–H and O–H groups in total. The van der Waals surface area contributed by atoms with Crippen LogP contribution in [0.1, 0.15) is 16.7 Å². The highest BCUT2D eigenvalue weighted by Gasteiger charge is 2.00. The van der Waals surface area contributed by atoms with Crippen molar-refractivity contribution >= 4 is 17.0 Å². The molecule has 16 heavy (non-hydrogen) atoms. The van der Waals surface area contributed by atoms with Gasteiger partial charge >= 0.3 is 0 Å². The maximum Gasteiger partial charge on any atom is 0.0359 e. The van der Waals surface area contributed by atoms with Crippen LogP contribution in [0.15, 0.2) is 35.0 Å². The molecular formula is C13H16N2S. The molecule has 84 valence electrons. The molecule has 0 spiro atoms. The van der Waals surface area contributed by atoms with Gasteiger partial charge in [0.25, 0.3) is 0 Å². The van der Waals surface area contributed by atoms with E-state index < -0.39 is 0 Å². The second kappa shape index (κ2) is 5.14. The molecule has 2 aromatic rings. The lowest BCUT2D eigenvalue weighted by Crippen LogP contribution is -2.13. The second-order valence-corrected chi connectivity index (χ2v) is 4.63. The molecule has 1 heterocycles. The van der Waals surface area contributed by atoms with E-state index in [1.54, 1.807) is 11.3 Å². The molecule has 1 aromatic heterocycles. The molecule has 3 heteroatoms. The van der Waals surface area contributed by atoms with Gasteiger partial charge in [0.1, 0.15) is 0 Å². The van der Waals surface area contributed by atoms with Crippen LogP contribution >= 0.6 is 11.3 Å². The summed E-state index contributed by atoms with van der Waals surface area (Å²) in [6, 6.07) is 7.97. The summed E-state index contributed by atoms with van der Waals surface area (Å²) < 4.78 is 0. The van der Waals surface area contributed by atoms with Gasteiger partial charge in [0, 0.05) is 18.8 Å². The smallest absolute Gasteiger partial charge is 0.0359 e. The van der Waals surface area contributed by atoms with Crippen LogP contribution in [0.25, 0.3) is 0 Å². The topological polar surface area (TPSA) is 38.0 Å². The number of rotatable bonds is 4. The Balaban J connectivity index is 1.89. The molecule has 0 fully saturated rings. The highest BCUT2D eigenvalue weighted by Crippen LogP contribution is 2.14. The summed E-state index contributed by atoms with van der Waals surface area (Å²) in [6.45, 7) is 3.87. The Labute approximate surface area is 100 Å². The maximum atomic E-state index is 5.87. The zero-order valence-corrected chi connectivity index (χ0v) is 10.2. The molecule has 0 saturated carbocycles. The first-order valence-corrected chi connectivity index (χ1v) is 6.27. The Hall–Kier alpha value is -1.32.